The van der Waals surface area contributed by atoms with Gasteiger partial charge >= 0.3 is 6.09 Å². The molecule has 2 amide bonds. The van der Waals surface area contributed by atoms with Crippen molar-refractivity contribution in [2.75, 3.05) is 26.1 Å². The van der Waals surface area contributed by atoms with E-state index in [4.69, 9.17) is 14.6 Å². The van der Waals surface area contributed by atoms with Crippen LogP contribution in [-0.2, 0) is 13.0 Å². The summed E-state index contributed by atoms with van der Waals surface area (Å²) >= 11 is 0. The van der Waals surface area contributed by atoms with Crippen LogP contribution in [0.4, 0.5) is 16.2 Å². The van der Waals surface area contributed by atoms with Gasteiger partial charge in [0.2, 0.25) is 0 Å². The second-order valence-electron chi connectivity index (χ2n) is 6.22. The Kier molecular flexibility index (Phi) is 5.48. The molecule has 0 unspecified atom stereocenters. The molecule has 1 aliphatic heterocycles. The fourth-order valence-corrected chi connectivity index (χ4v) is 3.06. The van der Waals surface area contributed by atoms with Crippen LogP contribution >= 0.6 is 0 Å². The number of pyridine rings is 1. The molecule has 0 bridgehead atoms. The molecular weight excluding hydrogens is 384 g/mol. The van der Waals surface area contributed by atoms with E-state index < -0.39 is 22.6 Å². The quantitative estimate of drug-likeness (QED) is 0.572. The Morgan fingerprint density at radius 2 is 1.93 bits per heavy atom. The fourth-order valence-electron chi connectivity index (χ4n) is 3.06. The van der Waals surface area contributed by atoms with Crippen LogP contribution in [-0.4, -0.2) is 52.7 Å². The van der Waals surface area contributed by atoms with Crippen LogP contribution in [0, 0.1) is 10.1 Å². The Labute approximate surface area is 165 Å². The first kappa shape index (κ1) is 19.9. The fraction of sp³-hybridized carbons (Fsp3) is 0.278. The maximum Gasteiger partial charge on any atom is 0.407 e. The molecule has 1 aromatic heterocycles. The molecule has 0 aliphatic carbocycles. The first-order valence-corrected chi connectivity index (χ1v) is 8.51. The summed E-state index contributed by atoms with van der Waals surface area (Å²) in [6.07, 6.45) is 0.863. The average Bonchev–Trinajstić information content (AvgIpc) is 2.71. The van der Waals surface area contributed by atoms with Gasteiger partial charge in [-0.15, -0.1) is 0 Å². The number of anilines is 1. The van der Waals surface area contributed by atoms with Gasteiger partial charge in [0.05, 0.1) is 43.6 Å². The van der Waals surface area contributed by atoms with E-state index in [0.717, 1.165) is 11.8 Å². The molecule has 0 fully saturated rings. The third kappa shape index (κ3) is 4.03. The lowest BCUT2D eigenvalue weighted by Gasteiger charge is -2.25. The molecule has 0 saturated carbocycles. The van der Waals surface area contributed by atoms with Crippen LogP contribution < -0.4 is 14.8 Å². The second-order valence-corrected chi connectivity index (χ2v) is 6.22. The van der Waals surface area contributed by atoms with Crippen molar-refractivity contribution in [3.8, 4) is 11.5 Å². The van der Waals surface area contributed by atoms with Gasteiger partial charge in [0, 0.05) is 24.7 Å². The Hall–Kier alpha value is -3.89. The number of amides is 2. The summed E-state index contributed by atoms with van der Waals surface area (Å²) in [5.41, 5.74) is 1.06. The van der Waals surface area contributed by atoms with Crippen molar-refractivity contribution in [3.63, 3.8) is 0 Å². The summed E-state index contributed by atoms with van der Waals surface area (Å²) in [4.78, 5) is 40.1. The molecule has 0 atom stereocenters. The van der Waals surface area contributed by atoms with Crippen LogP contribution in [0.5, 0.6) is 11.5 Å². The maximum atomic E-state index is 12.7. The molecule has 2 aromatic rings. The lowest BCUT2D eigenvalue weighted by atomic mass is 10.1. The second kappa shape index (κ2) is 8.00. The molecule has 11 nitrogen and oxygen atoms in total. The summed E-state index contributed by atoms with van der Waals surface area (Å²) in [6.45, 7) is 0.497. The summed E-state index contributed by atoms with van der Waals surface area (Å²) in [5, 5.41) is 23.1. The molecule has 11 heteroatoms. The molecule has 29 heavy (non-hydrogen) atoms. The van der Waals surface area contributed by atoms with Gasteiger partial charge in [-0.25, -0.2) is 4.79 Å². The minimum Gasteiger partial charge on any atom is -0.493 e. The number of aromatic nitrogens is 1. The Balaban J connectivity index is 1.90. The number of nitrogens with zero attached hydrogens (tertiary/aromatic N) is 3. The van der Waals surface area contributed by atoms with Gasteiger partial charge in [0.25, 0.3) is 11.6 Å². The molecule has 1 aromatic carbocycles. The highest BCUT2D eigenvalue weighted by Gasteiger charge is 2.26. The van der Waals surface area contributed by atoms with E-state index in [0.29, 0.717) is 24.2 Å². The van der Waals surface area contributed by atoms with E-state index in [1.165, 1.54) is 31.4 Å². The first-order chi connectivity index (χ1) is 13.8. The standard InChI is InChI=1S/C18H18N4O7/c1-28-15-6-12(14(22(26)27)7-16(15)29-2)17(23)20-11-5-10-9-21(18(24)25)4-3-13(10)19-8-11/h5-8H,3-4,9H2,1-2H3,(H,20,23)(H,24,25). The predicted molar refractivity (Wildman–Crippen MR) is 101 cm³/mol. The summed E-state index contributed by atoms with van der Waals surface area (Å²) in [7, 11) is 2.69. The Bertz CT molecular complexity index is 992. The van der Waals surface area contributed by atoms with Crippen molar-refractivity contribution in [3.05, 3.63) is 51.3 Å². The van der Waals surface area contributed by atoms with Crippen molar-refractivity contribution in [2.45, 2.75) is 13.0 Å². The molecular formula is C18H18N4O7. The van der Waals surface area contributed by atoms with Crippen molar-refractivity contribution in [2.24, 2.45) is 0 Å². The molecule has 0 radical (unpaired) electrons. The summed E-state index contributed by atoms with van der Waals surface area (Å²) < 4.78 is 10.2. The molecule has 2 N–H and O–H groups in total. The Morgan fingerprint density at radius 3 is 2.55 bits per heavy atom. The van der Waals surface area contributed by atoms with Gasteiger partial charge in [-0.2, -0.15) is 0 Å². The van der Waals surface area contributed by atoms with Gasteiger partial charge in [-0.3, -0.25) is 19.9 Å². The smallest absolute Gasteiger partial charge is 0.407 e. The first-order valence-electron chi connectivity index (χ1n) is 8.51. The maximum absolute atomic E-state index is 12.7. The number of hydrogen-bond donors (Lipinski definition) is 2. The predicted octanol–water partition coefficient (Wildman–Crippen LogP) is 2.30. The third-order valence-corrected chi connectivity index (χ3v) is 4.51. The monoisotopic (exact) mass is 402 g/mol. The third-order valence-electron chi connectivity index (χ3n) is 4.51. The van der Waals surface area contributed by atoms with Gasteiger partial charge in [-0.1, -0.05) is 0 Å². The van der Waals surface area contributed by atoms with Crippen LogP contribution in [0.25, 0.3) is 0 Å². The molecule has 1 aliphatic rings. The van der Waals surface area contributed by atoms with Crippen LogP contribution in [0.15, 0.2) is 24.4 Å². The zero-order valence-electron chi connectivity index (χ0n) is 15.7. The van der Waals surface area contributed by atoms with Crippen molar-refractivity contribution < 1.29 is 29.1 Å². The lowest BCUT2D eigenvalue weighted by molar-refractivity contribution is -0.385. The van der Waals surface area contributed by atoms with E-state index >= 15 is 0 Å². The van der Waals surface area contributed by atoms with Crippen LogP contribution in [0.2, 0.25) is 0 Å². The van der Waals surface area contributed by atoms with Crippen molar-refractivity contribution in [1.29, 1.82) is 0 Å². The minimum absolute atomic E-state index is 0.125. The van der Waals surface area contributed by atoms with E-state index in [1.54, 1.807) is 6.07 Å². The van der Waals surface area contributed by atoms with E-state index in [-0.39, 0.29) is 23.6 Å². The van der Waals surface area contributed by atoms with Crippen LogP contribution in [0.1, 0.15) is 21.6 Å². The molecule has 2 heterocycles. The van der Waals surface area contributed by atoms with Crippen molar-refractivity contribution in [1.82, 2.24) is 9.88 Å². The van der Waals surface area contributed by atoms with Gasteiger partial charge in [0.15, 0.2) is 11.5 Å². The number of carbonyl (C=O) groups excluding carboxylic acids is 1. The summed E-state index contributed by atoms with van der Waals surface area (Å²) in [5.74, 6) is -0.436. The van der Waals surface area contributed by atoms with Gasteiger partial charge in [-0.05, 0) is 11.6 Å². The number of nitro groups is 1. The number of ether oxygens (including phenoxy) is 2. The highest BCUT2D eigenvalue weighted by atomic mass is 16.6. The van der Waals surface area contributed by atoms with Crippen LogP contribution in [0.3, 0.4) is 0 Å². The molecule has 152 valence electrons. The van der Waals surface area contributed by atoms with Gasteiger partial charge < -0.3 is 24.8 Å². The van der Waals surface area contributed by atoms with Crippen molar-refractivity contribution >= 4 is 23.4 Å². The van der Waals surface area contributed by atoms with E-state index in [1.807, 2.05) is 0 Å². The zero-order chi connectivity index (χ0) is 21.1. The lowest BCUT2D eigenvalue weighted by Crippen LogP contribution is -2.35. The number of fused-ring (bicyclic) bond motifs is 1. The number of carbonyl (C=O) groups is 2. The summed E-state index contributed by atoms with van der Waals surface area (Å²) in [6, 6.07) is 3.95. The number of benzene rings is 1. The Morgan fingerprint density at radius 1 is 1.24 bits per heavy atom. The van der Waals surface area contributed by atoms with E-state index in [9.17, 15) is 19.7 Å². The largest absolute Gasteiger partial charge is 0.493 e. The number of hydrogen-bond acceptors (Lipinski definition) is 7. The minimum atomic E-state index is -1.04. The van der Waals surface area contributed by atoms with E-state index in [2.05, 4.69) is 10.3 Å². The normalized spacial score (nSPS) is 12.7. The number of methoxy groups -OCH3 is 2. The number of nitro benzene ring substituents is 1. The highest BCUT2D eigenvalue weighted by Crippen LogP contribution is 2.35. The molecule has 0 spiro atoms. The highest BCUT2D eigenvalue weighted by molar-refractivity contribution is 6.07. The zero-order valence-corrected chi connectivity index (χ0v) is 15.7. The van der Waals surface area contributed by atoms with Gasteiger partial charge in [0.1, 0.15) is 5.56 Å². The SMILES string of the molecule is COc1cc(C(=O)Nc2cnc3c(c2)CN(C(=O)O)CC3)c([N+](=O)[O-])cc1OC. The number of carboxylic acid groups (broad SMARTS) is 1. The average molecular weight is 402 g/mol. The number of rotatable bonds is 5. The number of nitrogens with one attached hydrogen (secondary N) is 1. The molecule has 0 saturated heterocycles. The topological polar surface area (TPSA) is 144 Å². The molecule has 3 rings (SSSR count).